The summed E-state index contributed by atoms with van der Waals surface area (Å²) >= 11 is 0. The number of nitriles is 1. The van der Waals surface area contributed by atoms with E-state index in [1.54, 1.807) is 0 Å². The van der Waals surface area contributed by atoms with Gasteiger partial charge in [0.2, 0.25) is 0 Å². The van der Waals surface area contributed by atoms with Crippen LogP contribution in [0, 0.1) is 11.3 Å². The molecular formula is C29H30ClN5O3. The molecule has 1 unspecified atom stereocenters. The molecule has 9 heteroatoms. The topological polar surface area (TPSA) is 99.9 Å². The summed E-state index contributed by atoms with van der Waals surface area (Å²) in [7, 11) is 0. The number of nitrogens with one attached hydrogen (secondary N) is 1. The second-order valence-corrected chi connectivity index (χ2v) is 9.40. The monoisotopic (exact) mass is 531 g/mol. The van der Waals surface area contributed by atoms with E-state index in [2.05, 4.69) is 21.2 Å². The Labute approximate surface area is 228 Å². The van der Waals surface area contributed by atoms with Crippen LogP contribution >= 0.6 is 12.4 Å². The van der Waals surface area contributed by atoms with Gasteiger partial charge in [-0.05, 0) is 23.3 Å². The highest BCUT2D eigenvalue weighted by atomic mass is 35.5. The number of carbonyl (C=O) groups is 2. The van der Waals surface area contributed by atoms with Crippen molar-refractivity contribution in [2.45, 2.75) is 11.6 Å². The Hall–Kier alpha value is -3.90. The van der Waals surface area contributed by atoms with Gasteiger partial charge in [-0.25, -0.2) is 4.79 Å². The Bertz CT molecular complexity index is 1270. The lowest BCUT2D eigenvalue weighted by molar-refractivity contribution is -0.131. The molecule has 0 bridgehead atoms. The second-order valence-electron chi connectivity index (χ2n) is 9.40. The molecule has 3 amide bonds. The fourth-order valence-corrected chi connectivity index (χ4v) is 5.26. The molecule has 38 heavy (non-hydrogen) atoms. The van der Waals surface area contributed by atoms with Gasteiger partial charge in [-0.3, -0.25) is 14.6 Å². The van der Waals surface area contributed by atoms with E-state index in [0.717, 1.165) is 23.7 Å². The number of hydrogen-bond donors (Lipinski definition) is 2. The normalized spacial score (nSPS) is 17.9. The standard InChI is InChI=1S/C29H29N5O3.ClH/c30-19-22-9-7-8-14-26(22)33-17-15-32(16-18-33)20-25(35)21-34-27(36)29(31-28(34)37,23-10-3-1-4-11-23)24-12-5-2-6-13-24;/h1-14,25,35H,15-18,20-21H2,(H,31,37);1H. The van der Waals surface area contributed by atoms with Crippen molar-refractivity contribution in [1.82, 2.24) is 15.1 Å². The van der Waals surface area contributed by atoms with Crippen LogP contribution in [0.5, 0.6) is 0 Å². The van der Waals surface area contributed by atoms with Crippen molar-refractivity contribution in [2.24, 2.45) is 0 Å². The van der Waals surface area contributed by atoms with Crippen LogP contribution in [-0.4, -0.2) is 72.2 Å². The molecule has 196 valence electrons. The molecule has 3 aromatic rings. The summed E-state index contributed by atoms with van der Waals surface area (Å²) in [6.45, 7) is 3.10. The zero-order valence-electron chi connectivity index (χ0n) is 20.9. The molecule has 2 fully saturated rings. The molecule has 0 spiro atoms. The maximum absolute atomic E-state index is 13.8. The highest BCUT2D eigenvalue weighted by molar-refractivity contribution is 6.09. The fourth-order valence-electron chi connectivity index (χ4n) is 5.26. The average Bonchev–Trinajstić information content (AvgIpc) is 3.20. The lowest BCUT2D eigenvalue weighted by Gasteiger charge is -2.37. The van der Waals surface area contributed by atoms with Crippen molar-refractivity contribution in [3.05, 3.63) is 102 Å². The molecule has 0 saturated carbocycles. The van der Waals surface area contributed by atoms with E-state index in [9.17, 15) is 20.0 Å². The van der Waals surface area contributed by atoms with Gasteiger partial charge in [0.15, 0.2) is 5.54 Å². The first kappa shape index (κ1) is 27.1. The van der Waals surface area contributed by atoms with Crippen LogP contribution in [0.15, 0.2) is 84.9 Å². The number of amides is 3. The zero-order chi connectivity index (χ0) is 25.8. The minimum absolute atomic E-state index is 0. The van der Waals surface area contributed by atoms with Gasteiger partial charge in [0, 0.05) is 32.7 Å². The van der Waals surface area contributed by atoms with Crippen molar-refractivity contribution in [2.75, 3.05) is 44.2 Å². The number of imide groups is 1. The minimum Gasteiger partial charge on any atom is -0.390 e. The van der Waals surface area contributed by atoms with Crippen LogP contribution < -0.4 is 10.2 Å². The van der Waals surface area contributed by atoms with E-state index in [1.807, 2.05) is 84.9 Å². The van der Waals surface area contributed by atoms with Crippen LogP contribution in [-0.2, 0) is 10.3 Å². The van der Waals surface area contributed by atoms with Gasteiger partial charge in [-0.2, -0.15) is 5.26 Å². The number of carbonyl (C=O) groups excluding carboxylic acids is 2. The molecule has 2 aliphatic rings. The molecule has 0 aromatic heterocycles. The van der Waals surface area contributed by atoms with Crippen molar-refractivity contribution < 1.29 is 14.7 Å². The summed E-state index contributed by atoms with van der Waals surface area (Å²) in [5.41, 5.74) is 1.58. The number of anilines is 1. The number of hydrogen-bond acceptors (Lipinski definition) is 6. The van der Waals surface area contributed by atoms with Crippen molar-refractivity contribution in [3.63, 3.8) is 0 Å². The Kier molecular flexibility index (Phi) is 8.32. The Morgan fingerprint density at radius 3 is 1.97 bits per heavy atom. The molecule has 2 N–H and O–H groups in total. The fraction of sp³-hybridized carbons (Fsp3) is 0.276. The van der Waals surface area contributed by atoms with Crippen molar-refractivity contribution in [3.8, 4) is 6.07 Å². The highest BCUT2D eigenvalue weighted by Crippen LogP contribution is 2.36. The Balaban J connectivity index is 0.00000336. The highest BCUT2D eigenvalue weighted by Gasteiger charge is 2.53. The Morgan fingerprint density at radius 1 is 0.842 bits per heavy atom. The number of para-hydroxylation sites is 1. The number of aliphatic hydroxyl groups excluding tert-OH is 1. The quantitative estimate of drug-likeness (QED) is 0.455. The third-order valence-electron chi connectivity index (χ3n) is 7.12. The zero-order valence-corrected chi connectivity index (χ0v) is 21.7. The van der Waals surface area contributed by atoms with Gasteiger partial charge in [0.1, 0.15) is 6.07 Å². The largest absolute Gasteiger partial charge is 0.390 e. The average molecular weight is 532 g/mol. The number of rotatable bonds is 7. The maximum Gasteiger partial charge on any atom is 0.325 e. The van der Waals surface area contributed by atoms with Gasteiger partial charge >= 0.3 is 6.03 Å². The van der Waals surface area contributed by atoms with Gasteiger partial charge in [-0.1, -0.05) is 72.8 Å². The first-order chi connectivity index (χ1) is 18.0. The van der Waals surface area contributed by atoms with Gasteiger partial charge in [0.25, 0.3) is 5.91 Å². The van der Waals surface area contributed by atoms with Gasteiger partial charge in [-0.15, -0.1) is 12.4 Å². The van der Waals surface area contributed by atoms with Crippen LogP contribution in [0.1, 0.15) is 16.7 Å². The van der Waals surface area contributed by atoms with Crippen LogP contribution in [0.4, 0.5) is 10.5 Å². The minimum atomic E-state index is -1.33. The molecule has 2 heterocycles. The van der Waals surface area contributed by atoms with Crippen LogP contribution in [0.3, 0.4) is 0 Å². The first-order valence-corrected chi connectivity index (χ1v) is 12.4. The Morgan fingerprint density at radius 2 is 1.39 bits per heavy atom. The number of urea groups is 1. The summed E-state index contributed by atoms with van der Waals surface area (Å²) in [6.07, 6.45) is -0.894. The van der Waals surface area contributed by atoms with Gasteiger partial charge in [0.05, 0.1) is 23.9 Å². The molecule has 1 atom stereocenters. The summed E-state index contributed by atoms with van der Waals surface area (Å²) in [4.78, 5) is 32.3. The number of nitrogens with zero attached hydrogens (tertiary/aromatic N) is 4. The van der Waals surface area contributed by atoms with Crippen LogP contribution in [0.2, 0.25) is 0 Å². The van der Waals surface area contributed by atoms with Crippen LogP contribution in [0.25, 0.3) is 0 Å². The molecule has 5 rings (SSSR count). The van der Waals surface area contributed by atoms with E-state index in [-0.39, 0.29) is 19.0 Å². The van der Waals surface area contributed by atoms with E-state index in [1.165, 1.54) is 0 Å². The summed E-state index contributed by atoms with van der Waals surface area (Å²) in [5.74, 6) is -0.396. The lowest BCUT2D eigenvalue weighted by atomic mass is 9.82. The number of benzene rings is 3. The number of aliphatic hydroxyl groups is 1. The molecule has 3 aromatic carbocycles. The first-order valence-electron chi connectivity index (χ1n) is 12.4. The summed E-state index contributed by atoms with van der Waals surface area (Å²) in [6, 6.07) is 27.7. The third kappa shape index (κ3) is 5.09. The van der Waals surface area contributed by atoms with E-state index in [4.69, 9.17) is 0 Å². The second kappa shape index (κ2) is 11.7. The van der Waals surface area contributed by atoms with E-state index < -0.39 is 23.6 Å². The summed E-state index contributed by atoms with van der Waals surface area (Å²) in [5, 5.41) is 23.2. The number of halogens is 1. The number of piperazine rings is 1. The lowest BCUT2D eigenvalue weighted by Crippen LogP contribution is -2.51. The maximum atomic E-state index is 13.8. The van der Waals surface area contributed by atoms with Gasteiger partial charge < -0.3 is 15.3 Å². The smallest absolute Gasteiger partial charge is 0.325 e. The predicted octanol–water partition coefficient (Wildman–Crippen LogP) is 2.96. The van der Waals surface area contributed by atoms with Crippen molar-refractivity contribution in [1.29, 1.82) is 5.26 Å². The van der Waals surface area contributed by atoms with E-state index >= 15 is 0 Å². The number of β-amino-alcohol motifs (C(OH)–C–C–N with tert-alkyl or cyclic N) is 1. The van der Waals surface area contributed by atoms with Crippen molar-refractivity contribution >= 4 is 30.0 Å². The molecule has 8 nitrogen and oxygen atoms in total. The SMILES string of the molecule is Cl.N#Cc1ccccc1N1CCN(CC(O)CN2C(=O)NC(c3ccccc3)(c3ccccc3)C2=O)CC1. The van der Waals surface area contributed by atoms with E-state index in [0.29, 0.717) is 36.3 Å². The molecule has 2 saturated heterocycles. The third-order valence-corrected chi connectivity index (χ3v) is 7.12. The molecular weight excluding hydrogens is 502 g/mol. The summed E-state index contributed by atoms with van der Waals surface area (Å²) < 4.78 is 0. The molecule has 0 radical (unpaired) electrons. The molecule has 0 aliphatic carbocycles. The molecule has 2 aliphatic heterocycles. The predicted molar refractivity (Wildman–Crippen MR) is 147 cm³/mol.